The molecular weight excluding hydrogens is 224 g/mol. The van der Waals surface area contributed by atoms with Crippen molar-refractivity contribution in [2.45, 2.75) is 52.0 Å². The Morgan fingerprint density at radius 2 is 1.89 bits per heavy atom. The van der Waals surface area contributed by atoms with E-state index in [-0.39, 0.29) is 0 Å². The van der Waals surface area contributed by atoms with Crippen molar-refractivity contribution < 1.29 is 0 Å². The van der Waals surface area contributed by atoms with Crippen molar-refractivity contribution in [2.75, 3.05) is 17.2 Å². The van der Waals surface area contributed by atoms with Gasteiger partial charge in [-0.15, -0.1) is 0 Å². The molecular formula is C14H22N4. The van der Waals surface area contributed by atoms with Crippen molar-refractivity contribution in [3.8, 4) is 0 Å². The van der Waals surface area contributed by atoms with Crippen molar-refractivity contribution in [2.24, 2.45) is 5.92 Å². The minimum absolute atomic E-state index is 0.637. The molecule has 98 valence electrons. The summed E-state index contributed by atoms with van der Waals surface area (Å²) in [5, 5.41) is 0. The first-order valence-corrected chi connectivity index (χ1v) is 7.04. The molecule has 2 heterocycles. The number of hydrogen-bond acceptors (Lipinski definition) is 4. The predicted molar refractivity (Wildman–Crippen MR) is 73.6 cm³/mol. The van der Waals surface area contributed by atoms with Crippen LogP contribution < -0.4 is 10.6 Å². The van der Waals surface area contributed by atoms with Crippen LogP contribution in [0.2, 0.25) is 0 Å². The number of anilines is 2. The number of fused-ring (bicyclic) bond motifs is 1. The summed E-state index contributed by atoms with van der Waals surface area (Å²) in [6.45, 7) is 5.09. The Bertz CT molecular complexity index is 457. The van der Waals surface area contributed by atoms with Gasteiger partial charge < -0.3 is 10.6 Å². The smallest absolute Gasteiger partial charge is 0.137 e. The molecule has 4 heteroatoms. The number of nitrogen functional groups attached to an aromatic ring is 1. The predicted octanol–water partition coefficient (Wildman–Crippen LogP) is 2.44. The van der Waals surface area contributed by atoms with Crippen LogP contribution in [0, 0.1) is 19.8 Å². The van der Waals surface area contributed by atoms with E-state index in [0.717, 1.165) is 29.7 Å². The molecule has 4 nitrogen and oxygen atoms in total. The second kappa shape index (κ2) is 4.41. The lowest BCUT2D eigenvalue weighted by Gasteiger charge is -2.39. The van der Waals surface area contributed by atoms with E-state index < -0.39 is 0 Å². The van der Waals surface area contributed by atoms with Crippen LogP contribution in [0.1, 0.15) is 43.5 Å². The first kappa shape index (κ1) is 11.8. The molecule has 2 aliphatic rings. The van der Waals surface area contributed by atoms with E-state index in [4.69, 9.17) is 5.73 Å². The second-order valence-electron chi connectivity index (χ2n) is 5.70. The fourth-order valence-electron chi connectivity index (χ4n) is 3.63. The highest BCUT2D eigenvalue weighted by Crippen LogP contribution is 2.39. The minimum atomic E-state index is 0.637. The lowest BCUT2D eigenvalue weighted by atomic mass is 9.92. The molecule has 0 amide bonds. The summed E-state index contributed by atoms with van der Waals surface area (Å²) in [4.78, 5) is 11.4. The van der Waals surface area contributed by atoms with Crippen molar-refractivity contribution in [1.82, 2.24) is 9.97 Å². The number of aromatic nitrogens is 2. The molecule has 2 N–H and O–H groups in total. The van der Waals surface area contributed by atoms with Gasteiger partial charge in [-0.05, 0) is 45.4 Å². The van der Waals surface area contributed by atoms with Crippen LogP contribution in [-0.2, 0) is 0 Å². The Morgan fingerprint density at radius 1 is 1.11 bits per heavy atom. The lowest BCUT2D eigenvalue weighted by molar-refractivity contribution is 0.360. The highest BCUT2D eigenvalue weighted by molar-refractivity contribution is 5.57. The summed E-state index contributed by atoms with van der Waals surface area (Å²) in [6.07, 6.45) is 6.74. The first-order chi connectivity index (χ1) is 8.66. The van der Waals surface area contributed by atoms with Gasteiger partial charge in [0.15, 0.2) is 0 Å². The number of aryl methyl sites for hydroxylation is 1. The quantitative estimate of drug-likeness (QED) is 0.827. The molecule has 18 heavy (non-hydrogen) atoms. The monoisotopic (exact) mass is 246 g/mol. The Kier molecular flexibility index (Phi) is 2.88. The van der Waals surface area contributed by atoms with Gasteiger partial charge in [-0.25, -0.2) is 9.97 Å². The van der Waals surface area contributed by atoms with Crippen molar-refractivity contribution >= 4 is 11.6 Å². The van der Waals surface area contributed by atoms with Gasteiger partial charge in [0.1, 0.15) is 17.5 Å². The molecule has 1 aliphatic carbocycles. The SMILES string of the molecule is Cc1nc(N)c(C)c(N2CCCC3CCCC32)n1. The molecule has 1 aromatic heterocycles. The van der Waals surface area contributed by atoms with Crippen LogP contribution in [0.25, 0.3) is 0 Å². The summed E-state index contributed by atoms with van der Waals surface area (Å²) < 4.78 is 0. The summed E-state index contributed by atoms with van der Waals surface area (Å²) in [7, 11) is 0. The van der Waals surface area contributed by atoms with Gasteiger partial charge in [0.2, 0.25) is 0 Å². The molecule has 1 aromatic rings. The maximum Gasteiger partial charge on any atom is 0.137 e. The molecule has 0 spiro atoms. The zero-order valence-electron chi connectivity index (χ0n) is 11.3. The van der Waals surface area contributed by atoms with Crippen LogP contribution in [0.5, 0.6) is 0 Å². The Morgan fingerprint density at radius 3 is 2.72 bits per heavy atom. The van der Waals surface area contributed by atoms with Gasteiger partial charge in [-0.2, -0.15) is 0 Å². The van der Waals surface area contributed by atoms with Gasteiger partial charge in [-0.3, -0.25) is 0 Å². The lowest BCUT2D eigenvalue weighted by Crippen LogP contribution is -2.43. The molecule has 1 saturated heterocycles. The molecule has 3 rings (SSSR count). The average molecular weight is 246 g/mol. The number of nitrogens with zero attached hydrogens (tertiary/aromatic N) is 3. The number of nitrogens with two attached hydrogens (primary N) is 1. The minimum Gasteiger partial charge on any atom is -0.383 e. The van der Waals surface area contributed by atoms with E-state index in [2.05, 4.69) is 14.9 Å². The van der Waals surface area contributed by atoms with Gasteiger partial charge in [0.25, 0.3) is 0 Å². The average Bonchev–Trinajstić information content (AvgIpc) is 2.81. The fourth-order valence-corrected chi connectivity index (χ4v) is 3.63. The zero-order chi connectivity index (χ0) is 12.7. The maximum absolute atomic E-state index is 5.99. The second-order valence-corrected chi connectivity index (χ2v) is 5.70. The zero-order valence-corrected chi connectivity index (χ0v) is 11.3. The van der Waals surface area contributed by atoms with E-state index in [1.165, 1.54) is 32.1 Å². The topological polar surface area (TPSA) is 55.0 Å². The van der Waals surface area contributed by atoms with Crippen LogP contribution in [0.3, 0.4) is 0 Å². The number of rotatable bonds is 1. The first-order valence-electron chi connectivity index (χ1n) is 7.04. The highest BCUT2D eigenvalue weighted by Gasteiger charge is 2.36. The van der Waals surface area contributed by atoms with Crippen LogP contribution in [-0.4, -0.2) is 22.6 Å². The standard InChI is InChI=1S/C14H22N4/c1-9-13(15)16-10(2)17-14(9)18-8-4-6-11-5-3-7-12(11)18/h11-12H,3-8H2,1-2H3,(H2,15,16,17). The largest absolute Gasteiger partial charge is 0.383 e. The van der Waals surface area contributed by atoms with Crippen molar-refractivity contribution in [3.63, 3.8) is 0 Å². The summed E-state index contributed by atoms with van der Waals surface area (Å²) >= 11 is 0. The molecule has 1 saturated carbocycles. The van der Waals surface area contributed by atoms with E-state index in [0.29, 0.717) is 11.9 Å². The van der Waals surface area contributed by atoms with Crippen molar-refractivity contribution in [3.05, 3.63) is 11.4 Å². The van der Waals surface area contributed by atoms with Gasteiger partial charge in [0, 0.05) is 18.2 Å². The Balaban J connectivity index is 1.98. The highest BCUT2D eigenvalue weighted by atomic mass is 15.2. The van der Waals surface area contributed by atoms with E-state index >= 15 is 0 Å². The molecule has 1 aliphatic heterocycles. The molecule has 0 aromatic carbocycles. The summed E-state index contributed by atoms with van der Waals surface area (Å²) in [5.41, 5.74) is 7.04. The summed E-state index contributed by atoms with van der Waals surface area (Å²) in [5.74, 6) is 3.37. The van der Waals surface area contributed by atoms with Gasteiger partial charge >= 0.3 is 0 Å². The molecule has 0 radical (unpaired) electrons. The molecule has 0 bridgehead atoms. The third kappa shape index (κ3) is 1.84. The number of piperidine rings is 1. The van der Waals surface area contributed by atoms with Gasteiger partial charge in [0.05, 0.1) is 0 Å². The molecule has 2 atom stereocenters. The third-order valence-corrected chi connectivity index (χ3v) is 4.53. The normalized spacial score (nSPS) is 27.3. The van der Waals surface area contributed by atoms with E-state index in [9.17, 15) is 0 Å². The van der Waals surface area contributed by atoms with E-state index in [1.807, 2.05) is 13.8 Å². The molecule has 2 unspecified atom stereocenters. The van der Waals surface area contributed by atoms with Crippen LogP contribution in [0.15, 0.2) is 0 Å². The third-order valence-electron chi connectivity index (χ3n) is 4.53. The number of hydrogen-bond donors (Lipinski definition) is 1. The summed E-state index contributed by atoms with van der Waals surface area (Å²) in [6, 6.07) is 0.686. The Hall–Kier alpha value is -1.32. The molecule has 2 fully saturated rings. The van der Waals surface area contributed by atoms with E-state index in [1.54, 1.807) is 0 Å². The van der Waals surface area contributed by atoms with Gasteiger partial charge in [-0.1, -0.05) is 6.42 Å². The van der Waals surface area contributed by atoms with Crippen molar-refractivity contribution in [1.29, 1.82) is 0 Å². The van der Waals surface area contributed by atoms with Crippen LogP contribution in [0.4, 0.5) is 11.6 Å². The van der Waals surface area contributed by atoms with Crippen LogP contribution >= 0.6 is 0 Å². The Labute approximate surface area is 109 Å². The fraction of sp³-hybridized carbons (Fsp3) is 0.714. The maximum atomic E-state index is 5.99.